The molecular weight excluding hydrogens is 190 g/mol. The minimum atomic E-state index is -0.167. The second-order valence-corrected chi connectivity index (χ2v) is 3.43. The van der Waals surface area contributed by atoms with Gasteiger partial charge in [0.25, 0.3) is 5.91 Å². The molecule has 0 aromatic carbocycles. The maximum atomic E-state index is 11.5. The fraction of sp³-hybridized carbons (Fsp3) is 0.375. The average Bonchev–Trinajstić information content (AvgIpc) is 2.28. The van der Waals surface area contributed by atoms with Crippen LogP contribution in [0.5, 0.6) is 0 Å². The number of aromatic nitrogens is 1. The highest BCUT2D eigenvalue weighted by Crippen LogP contribution is 2.12. The van der Waals surface area contributed by atoms with E-state index in [1.54, 1.807) is 43.0 Å². The zero-order chi connectivity index (χ0) is 10.0. The van der Waals surface area contributed by atoms with Crippen molar-refractivity contribution in [2.24, 2.45) is 7.05 Å². The van der Waals surface area contributed by atoms with Gasteiger partial charge in [-0.3, -0.25) is 10.2 Å². The Morgan fingerprint density at radius 2 is 2.23 bits per heavy atom. The fourth-order valence-electron chi connectivity index (χ4n) is 1.01. The highest BCUT2D eigenvalue weighted by atomic mass is 35.5. The number of nitrogens with one attached hydrogen (secondary N) is 1. The first-order valence-electron chi connectivity index (χ1n) is 3.81. The third-order valence-electron chi connectivity index (χ3n) is 1.53. The van der Waals surface area contributed by atoms with E-state index in [0.717, 1.165) is 0 Å². The topological polar surface area (TPSA) is 37.3 Å². The van der Waals surface area contributed by atoms with Crippen LogP contribution in [0.25, 0.3) is 0 Å². The quantitative estimate of drug-likeness (QED) is 0.722. The Bertz CT molecular complexity index is 319. The van der Waals surface area contributed by atoms with E-state index in [9.17, 15) is 4.79 Å². The van der Waals surface area contributed by atoms with Crippen LogP contribution in [-0.2, 0) is 7.05 Å². The Hall–Kier alpha value is -1.00. The molecule has 0 fully saturated rings. The van der Waals surface area contributed by atoms with Gasteiger partial charge in [-0.25, -0.2) is 5.01 Å². The van der Waals surface area contributed by atoms with E-state index in [1.165, 1.54) is 0 Å². The number of halogens is 1. The predicted molar refractivity (Wildman–Crippen MR) is 51.6 cm³/mol. The van der Waals surface area contributed by atoms with Gasteiger partial charge in [0.05, 0.1) is 5.02 Å². The summed E-state index contributed by atoms with van der Waals surface area (Å²) in [6, 6.07) is 1.63. The molecule has 1 heterocycles. The lowest BCUT2D eigenvalue weighted by molar-refractivity contribution is 0.0848. The van der Waals surface area contributed by atoms with Crippen LogP contribution in [0.4, 0.5) is 0 Å². The van der Waals surface area contributed by atoms with E-state index in [-0.39, 0.29) is 5.91 Å². The molecule has 1 rings (SSSR count). The molecule has 0 aliphatic rings. The smallest absolute Gasteiger partial charge is 0.282 e. The summed E-state index contributed by atoms with van der Waals surface area (Å²) in [7, 11) is 5.28. The average molecular weight is 202 g/mol. The Morgan fingerprint density at radius 3 is 2.62 bits per heavy atom. The van der Waals surface area contributed by atoms with Crippen molar-refractivity contribution in [2.75, 3.05) is 14.1 Å². The lowest BCUT2D eigenvalue weighted by Gasteiger charge is -2.11. The van der Waals surface area contributed by atoms with E-state index < -0.39 is 0 Å². The molecule has 0 saturated heterocycles. The summed E-state index contributed by atoms with van der Waals surface area (Å²) in [6.45, 7) is 0. The van der Waals surface area contributed by atoms with E-state index in [2.05, 4.69) is 5.43 Å². The van der Waals surface area contributed by atoms with Gasteiger partial charge in [-0.2, -0.15) is 0 Å². The summed E-state index contributed by atoms with van der Waals surface area (Å²) in [5.41, 5.74) is 3.17. The van der Waals surface area contributed by atoms with Gasteiger partial charge in [0.2, 0.25) is 0 Å². The van der Waals surface area contributed by atoms with E-state index in [0.29, 0.717) is 10.7 Å². The number of carbonyl (C=O) groups is 1. The predicted octanol–water partition coefficient (Wildman–Crippen LogP) is 0.885. The number of amides is 1. The number of aryl methyl sites for hydroxylation is 1. The van der Waals surface area contributed by atoms with Gasteiger partial charge < -0.3 is 4.57 Å². The Kier molecular flexibility index (Phi) is 2.95. The summed E-state index contributed by atoms with van der Waals surface area (Å²) in [4.78, 5) is 11.5. The first-order valence-corrected chi connectivity index (χ1v) is 4.18. The van der Waals surface area contributed by atoms with Gasteiger partial charge in [0.1, 0.15) is 5.69 Å². The first kappa shape index (κ1) is 10.1. The highest BCUT2D eigenvalue weighted by Gasteiger charge is 2.10. The van der Waals surface area contributed by atoms with Crippen molar-refractivity contribution < 1.29 is 4.79 Å². The molecule has 1 N–H and O–H groups in total. The second-order valence-electron chi connectivity index (χ2n) is 2.99. The lowest BCUT2D eigenvalue weighted by atomic mass is 10.4. The van der Waals surface area contributed by atoms with Gasteiger partial charge in [-0.15, -0.1) is 0 Å². The molecule has 0 spiro atoms. The van der Waals surface area contributed by atoms with E-state index in [1.807, 2.05) is 0 Å². The van der Waals surface area contributed by atoms with Gasteiger partial charge >= 0.3 is 0 Å². The monoisotopic (exact) mass is 201 g/mol. The number of hydrogen-bond acceptors (Lipinski definition) is 2. The lowest BCUT2D eigenvalue weighted by Crippen LogP contribution is -2.36. The summed E-state index contributed by atoms with van der Waals surface area (Å²) < 4.78 is 1.68. The van der Waals surface area contributed by atoms with E-state index in [4.69, 9.17) is 11.6 Å². The Morgan fingerprint density at radius 1 is 1.62 bits per heavy atom. The van der Waals surface area contributed by atoms with Crippen molar-refractivity contribution in [1.29, 1.82) is 0 Å². The van der Waals surface area contributed by atoms with Gasteiger partial charge in [0, 0.05) is 27.3 Å². The van der Waals surface area contributed by atoms with Gasteiger partial charge in [-0.1, -0.05) is 11.6 Å². The minimum Gasteiger partial charge on any atom is -0.345 e. The molecule has 0 saturated carbocycles. The molecule has 1 aromatic rings. The number of rotatable bonds is 2. The molecule has 0 bridgehead atoms. The number of hydrogen-bond donors (Lipinski definition) is 1. The maximum absolute atomic E-state index is 11.5. The van der Waals surface area contributed by atoms with Crippen LogP contribution in [0, 0.1) is 0 Å². The molecule has 0 unspecified atom stereocenters. The second kappa shape index (κ2) is 3.81. The SMILES string of the molecule is CN(C)NC(=O)c1cc(Cl)cn1C. The van der Waals surface area contributed by atoms with Crippen molar-refractivity contribution in [3.05, 3.63) is 23.0 Å². The van der Waals surface area contributed by atoms with Crippen molar-refractivity contribution in [3.63, 3.8) is 0 Å². The molecule has 72 valence electrons. The zero-order valence-electron chi connectivity index (χ0n) is 7.84. The van der Waals surface area contributed by atoms with Gasteiger partial charge in [0.15, 0.2) is 0 Å². The summed E-state index contributed by atoms with van der Waals surface area (Å²) in [5, 5.41) is 2.15. The van der Waals surface area contributed by atoms with Crippen molar-refractivity contribution in [1.82, 2.24) is 15.0 Å². The first-order chi connectivity index (χ1) is 6.00. The van der Waals surface area contributed by atoms with Crippen LogP contribution in [-0.4, -0.2) is 29.6 Å². The standard InChI is InChI=1S/C8H12ClN3O/c1-11(2)10-8(13)7-4-6(9)5-12(7)3/h4-5H,1-3H3,(H,10,13). The molecule has 4 nitrogen and oxygen atoms in total. The molecule has 0 aliphatic carbocycles. The van der Waals surface area contributed by atoms with E-state index >= 15 is 0 Å². The highest BCUT2D eigenvalue weighted by molar-refractivity contribution is 6.31. The fourth-order valence-corrected chi connectivity index (χ4v) is 1.26. The van der Waals surface area contributed by atoms with Crippen LogP contribution in [0.2, 0.25) is 5.02 Å². The third kappa shape index (κ3) is 2.47. The van der Waals surface area contributed by atoms with Crippen LogP contribution < -0.4 is 5.43 Å². The Labute approximate surface area is 82.1 Å². The van der Waals surface area contributed by atoms with Crippen LogP contribution >= 0.6 is 11.6 Å². The molecule has 0 aliphatic heterocycles. The van der Waals surface area contributed by atoms with Crippen LogP contribution in [0.1, 0.15) is 10.5 Å². The summed E-state index contributed by atoms with van der Waals surface area (Å²) in [5.74, 6) is -0.167. The van der Waals surface area contributed by atoms with Crippen LogP contribution in [0.15, 0.2) is 12.3 Å². The molecule has 1 aromatic heterocycles. The molecule has 5 heteroatoms. The Balaban J connectivity index is 2.82. The van der Waals surface area contributed by atoms with Crippen molar-refractivity contribution in [3.8, 4) is 0 Å². The molecule has 0 atom stereocenters. The minimum absolute atomic E-state index is 0.167. The molecule has 13 heavy (non-hydrogen) atoms. The largest absolute Gasteiger partial charge is 0.345 e. The molecule has 0 radical (unpaired) electrons. The van der Waals surface area contributed by atoms with Gasteiger partial charge in [-0.05, 0) is 6.07 Å². The zero-order valence-corrected chi connectivity index (χ0v) is 8.59. The molecule has 1 amide bonds. The normalized spacial score (nSPS) is 10.5. The summed E-state index contributed by atoms with van der Waals surface area (Å²) >= 11 is 5.73. The number of carbonyl (C=O) groups excluding carboxylic acids is 1. The third-order valence-corrected chi connectivity index (χ3v) is 1.74. The van der Waals surface area contributed by atoms with Crippen molar-refractivity contribution >= 4 is 17.5 Å². The number of nitrogens with zero attached hydrogens (tertiary/aromatic N) is 2. The van der Waals surface area contributed by atoms with Crippen LogP contribution in [0.3, 0.4) is 0 Å². The molecular formula is C8H12ClN3O. The maximum Gasteiger partial charge on any atom is 0.282 e. The number of hydrazine groups is 1. The summed E-state index contributed by atoms with van der Waals surface area (Å²) in [6.07, 6.45) is 1.69. The van der Waals surface area contributed by atoms with Crippen molar-refractivity contribution in [2.45, 2.75) is 0 Å².